The summed E-state index contributed by atoms with van der Waals surface area (Å²) in [5.41, 5.74) is -1.77. The Morgan fingerprint density at radius 3 is 2.53 bits per heavy atom. The van der Waals surface area contributed by atoms with Crippen molar-refractivity contribution in [2.24, 2.45) is 17.8 Å². The highest BCUT2D eigenvalue weighted by atomic mass is 32.2. The Morgan fingerprint density at radius 1 is 1.08 bits per heavy atom. The van der Waals surface area contributed by atoms with Crippen LogP contribution in [-0.2, 0) is 29.1 Å². The number of fused-ring (bicyclic) bond motifs is 3. The zero-order valence-corrected chi connectivity index (χ0v) is 31.9. The zero-order chi connectivity index (χ0) is 38.3. The van der Waals surface area contributed by atoms with Crippen LogP contribution in [0.15, 0.2) is 36.7 Å². The van der Waals surface area contributed by atoms with Crippen LogP contribution < -0.4 is 24.8 Å². The number of hydrogen-bond donors (Lipinski definition) is 3. The molecule has 4 aliphatic rings. The monoisotopic (exact) mass is 754 g/mol. The Bertz CT molecular complexity index is 1890. The molecule has 2 aliphatic heterocycles. The molecule has 0 spiro atoms. The fourth-order valence-corrected chi connectivity index (χ4v) is 8.69. The molecule has 53 heavy (non-hydrogen) atoms. The minimum atomic E-state index is -3.90. The molecular weight excluding hydrogens is 705 g/mol. The Balaban J connectivity index is 1.34. The van der Waals surface area contributed by atoms with Gasteiger partial charge in [0.2, 0.25) is 27.7 Å². The van der Waals surface area contributed by atoms with Crippen molar-refractivity contribution in [1.82, 2.24) is 30.2 Å². The van der Waals surface area contributed by atoms with E-state index in [1.165, 1.54) is 11.2 Å². The van der Waals surface area contributed by atoms with Crippen LogP contribution in [0.3, 0.4) is 0 Å². The number of ether oxygens (including phenoxy) is 3. The van der Waals surface area contributed by atoms with Crippen LogP contribution in [0.5, 0.6) is 11.6 Å². The zero-order valence-electron chi connectivity index (χ0n) is 31.1. The molecule has 2 aliphatic carbocycles. The van der Waals surface area contributed by atoms with E-state index in [4.69, 9.17) is 14.2 Å². The Kier molecular flexibility index (Phi) is 10.6. The predicted octanol–water partition coefficient (Wildman–Crippen LogP) is 3.38. The van der Waals surface area contributed by atoms with E-state index in [0.29, 0.717) is 42.3 Å². The van der Waals surface area contributed by atoms with Gasteiger partial charge in [-0.2, -0.15) is 0 Å². The summed E-state index contributed by atoms with van der Waals surface area (Å²) < 4.78 is 45.2. The summed E-state index contributed by atoms with van der Waals surface area (Å²) in [6, 6.07) is 3.07. The van der Waals surface area contributed by atoms with Gasteiger partial charge in [0.15, 0.2) is 0 Å². The van der Waals surface area contributed by atoms with Crippen LogP contribution >= 0.6 is 0 Å². The molecule has 3 heterocycles. The van der Waals surface area contributed by atoms with Crippen LogP contribution in [0.25, 0.3) is 10.9 Å². The minimum absolute atomic E-state index is 0.0295. The van der Waals surface area contributed by atoms with Gasteiger partial charge < -0.3 is 29.7 Å². The molecule has 2 saturated carbocycles. The molecule has 0 radical (unpaired) electrons. The molecule has 15 nitrogen and oxygen atoms in total. The minimum Gasteiger partial charge on any atom is -0.497 e. The van der Waals surface area contributed by atoms with Gasteiger partial charge in [0.1, 0.15) is 41.4 Å². The van der Waals surface area contributed by atoms with Crippen LogP contribution in [-0.4, -0.2) is 95.3 Å². The number of carbonyl (C=O) groups excluding carboxylic acids is 4. The van der Waals surface area contributed by atoms with Gasteiger partial charge in [-0.1, -0.05) is 26.0 Å². The van der Waals surface area contributed by atoms with Crippen LogP contribution in [0.4, 0.5) is 4.79 Å². The van der Waals surface area contributed by atoms with Crippen molar-refractivity contribution in [2.75, 3.05) is 13.7 Å². The molecule has 3 N–H and O–H groups in total. The van der Waals surface area contributed by atoms with E-state index in [1.807, 2.05) is 19.1 Å². The second kappa shape index (κ2) is 14.7. The summed E-state index contributed by atoms with van der Waals surface area (Å²) in [7, 11) is -2.35. The van der Waals surface area contributed by atoms with Crippen LogP contribution in [0.2, 0.25) is 0 Å². The van der Waals surface area contributed by atoms with Crippen molar-refractivity contribution in [3.05, 3.63) is 36.7 Å². The van der Waals surface area contributed by atoms with E-state index >= 15 is 0 Å². The molecule has 1 saturated heterocycles. The maximum Gasteiger partial charge on any atom is 0.408 e. The number of nitrogens with zero attached hydrogens (tertiary/aromatic N) is 3. The van der Waals surface area contributed by atoms with Crippen molar-refractivity contribution >= 4 is 44.7 Å². The van der Waals surface area contributed by atoms with E-state index in [2.05, 4.69) is 32.2 Å². The van der Waals surface area contributed by atoms with Crippen molar-refractivity contribution in [1.29, 1.82) is 0 Å². The molecule has 0 unspecified atom stereocenters. The lowest BCUT2D eigenvalue weighted by atomic mass is 9.88. The fourth-order valence-electron chi connectivity index (χ4n) is 7.32. The van der Waals surface area contributed by atoms with E-state index in [9.17, 15) is 27.6 Å². The molecule has 1 aromatic carbocycles. The van der Waals surface area contributed by atoms with Crippen molar-refractivity contribution in [3.63, 3.8) is 0 Å². The van der Waals surface area contributed by atoms with Gasteiger partial charge in [0.05, 0.1) is 29.8 Å². The van der Waals surface area contributed by atoms with Crippen molar-refractivity contribution in [2.45, 2.75) is 114 Å². The molecule has 0 bridgehead atoms. The summed E-state index contributed by atoms with van der Waals surface area (Å²) in [5.74, 6) is -1.73. The van der Waals surface area contributed by atoms with Gasteiger partial charge in [-0.25, -0.2) is 23.2 Å². The first-order chi connectivity index (χ1) is 25.0. The first-order valence-corrected chi connectivity index (χ1v) is 19.8. The van der Waals surface area contributed by atoms with E-state index in [-0.39, 0.29) is 37.1 Å². The maximum absolute atomic E-state index is 14.7. The van der Waals surface area contributed by atoms with Crippen molar-refractivity contribution in [3.8, 4) is 11.6 Å². The maximum atomic E-state index is 14.7. The third kappa shape index (κ3) is 8.68. The molecule has 3 fully saturated rings. The first kappa shape index (κ1) is 38.3. The van der Waals surface area contributed by atoms with Crippen LogP contribution in [0.1, 0.15) is 79.6 Å². The molecule has 7 atom stereocenters. The summed E-state index contributed by atoms with van der Waals surface area (Å²) in [6.45, 7) is 9.11. The van der Waals surface area contributed by atoms with Gasteiger partial charge in [0, 0.05) is 18.4 Å². The quantitative estimate of drug-likeness (QED) is 0.351. The highest BCUT2D eigenvalue weighted by Crippen LogP contribution is 2.46. The lowest BCUT2D eigenvalue weighted by Crippen LogP contribution is -2.59. The highest BCUT2D eigenvalue weighted by Gasteiger charge is 2.62. The summed E-state index contributed by atoms with van der Waals surface area (Å²) in [4.78, 5) is 66.0. The first-order valence-electron chi connectivity index (χ1n) is 18.3. The average molecular weight is 755 g/mol. The largest absolute Gasteiger partial charge is 0.497 e. The summed E-state index contributed by atoms with van der Waals surface area (Å²) in [5, 5.41) is 5.64. The second-order valence-electron chi connectivity index (χ2n) is 15.9. The number of nitrogens with one attached hydrogen (secondary N) is 3. The standard InChI is InChI=1S/C37H50N6O9S/c1-21-9-7-8-10-23-18-37(23,34(46)42-53(48,49)26-12-13-26)41-31(44)29-17-25(51-32-27-14-11-24(50-6)16-28(27)38-20-39-32)19-43(29)33(45)30(22(2)15-21)40-35(47)52-36(3,4)5/h8,10-11,14,16,20-23,25-26,29-30H,7,9,12-13,15,17-19H2,1-6H3,(H,40,47)(H,41,44)(H,42,46)/b10-8-/t21-,22-,23-,25-,29+,30+,37-/m1/s1. The van der Waals surface area contributed by atoms with Gasteiger partial charge in [0.25, 0.3) is 5.91 Å². The lowest BCUT2D eigenvalue weighted by molar-refractivity contribution is -0.142. The summed E-state index contributed by atoms with van der Waals surface area (Å²) in [6.07, 6.45) is 6.89. The smallest absolute Gasteiger partial charge is 0.408 e. The number of rotatable bonds is 7. The molecule has 1 aromatic heterocycles. The number of methoxy groups -OCH3 is 1. The molecule has 16 heteroatoms. The highest BCUT2D eigenvalue weighted by molar-refractivity contribution is 7.91. The topological polar surface area (TPSA) is 195 Å². The number of allylic oxidation sites excluding steroid dienone is 1. The van der Waals surface area contributed by atoms with Gasteiger partial charge in [-0.05, 0) is 83.3 Å². The van der Waals surface area contributed by atoms with Crippen LogP contribution in [0, 0.1) is 17.8 Å². The lowest BCUT2D eigenvalue weighted by Gasteiger charge is -2.33. The number of sulfonamides is 1. The normalized spacial score (nSPS) is 30.1. The number of hydrogen-bond acceptors (Lipinski definition) is 11. The number of benzene rings is 1. The molecular formula is C37H50N6O9S. The van der Waals surface area contributed by atoms with Crippen molar-refractivity contribution < 1.29 is 41.8 Å². The number of carbonyl (C=O) groups is 4. The molecule has 288 valence electrons. The van der Waals surface area contributed by atoms with Gasteiger partial charge in [-0.3, -0.25) is 19.1 Å². The van der Waals surface area contributed by atoms with E-state index in [1.54, 1.807) is 46.1 Å². The second-order valence-corrected chi connectivity index (χ2v) is 17.9. The molecule has 4 amide bonds. The number of alkyl carbamates (subject to hydrolysis) is 1. The molecule has 2 aromatic rings. The average Bonchev–Trinajstić information content (AvgIpc) is 4.01. The SMILES string of the molecule is COc1ccc2c(O[C@@H]3C[C@H]4C(=O)N[C@]5(C(=O)NS(=O)(=O)C6CC6)C[C@H]5/C=C\CC[C@@H](C)C[C@@H](C)[C@H](NC(=O)OC(C)(C)C)C(=O)N4C3)ncnc2c1. The van der Waals surface area contributed by atoms with Gasteiger partial charge >= 0.3 is 6.09 Å². The van der Waals surface area contributed by atoms with E-state index in [0.717, 1.165) is 6.42 Å². The predicted molar refractivity (Wildman–Crippen MR) is 194 cm³/mol. The third-order valence-corrected chi connectivity index (χ3v) is 12.2. The number of amides is 4. The van der Waals surface area contributed by atoms with Gasteiger partial charge in [-0.15, -0.1) is 0 Å². The Labute approximate surface area is 310 Å². The third-order valence-electron chi connectivity index (χ3n) is 10.4. The number of aromatic nitrogens is 2. The molecule has 6 rings (SSSR count). The summed E-state index contributed by atoms with van der Waals surface area (Å²) >= 11 is 0. The Hall–Kier alpha value is -4.47. The van der Waals surface area contributed by atoms with E-state index < -0.39 is 74.3 Å². The fraction of sp³-hybridized carbons (Fsp3) is 0.622. The Morgan fingerprint density at radius 2 is 1.83 bits per heavy atom.